The Kier molecular flexibility index (Phi) is 3.73. The topological polar surface area (TPSA) is 30.5 Å². The Morgan fingerprint density at radius 1 is 1.33 bits per heavy atom. The number of benzene rings is 1. The highest BCUT2D eigenvalue weighted by atomic mass is 35.5. The lowest BCUT2D eigenvalue weighted by molar-refractivity contribution is 0.0699. The van der Waals surface area contributed by atoms with Crippen LogP contribution < -0.4 is 10.1 Å². The summed E-state index contributed by atoms with van der Waals surface area (Å²) in [5.74, 6) is 1.03. The SMILES string of the molecule is Clc1cc2c(c(CNC3CCCOC3)c1)OCC2. The number of fused-ring (bicyclic) bond motifs is 1. The van der Waals surface area contributed by atoms with Gasteiger partial charge in [-0.2, -0.15) is 0 Å². The highest BCUT2D eigenvalue weighted by Gasteiger charge is 2.19. The molecule has 0 saturated carbocycles. The normalized spacial score (nSPS) is 22.6. The molecule has 1 aromatic carbocycles. The van der Waals surface area contributed by atoms with Crippen LogP contribution in [0.1, 0.15) is 24.0 Å². The number of halogens is 1. The molecule has 1 atom stereocenters. The second-order valence-corrected chi connectivity index (χ2v) is 5.38. The molecule has 2 heterocycles. The number of hydrogen-bond acceptors (Lipinski definition) is 3. The van der Waals surface area contributed by atoms with Gasteiger partial charge in [0.25, 0.3) is 0 Å². The molecule has 1 aromatic rings. The zero-order chi connectivity index (χ0) is 12.4. The van der Waals surface area contributed by atoms with Gasteiger partial charge in [-0.1, -0.05) is 11.6 Å². The first kappa shape index (κ1) is 12.3. The molecule has 0 aromatic heterocycles. The molecule has 0 amide bonds. The summed E-state index contributed by atoms with van der Waals surface area (Å²) in [4.78, 5) is 0. The molecule has 1 fully saturated rings. The first-order valence-corrected chi connectivity index (χ1v) is 6.96. The van der Waals surface area contributed by atoms with Crippen LogP contribution in [0.4, 0.5) is 0 Å². The lowest BCUT2D eigenvalue weighted by atomic mass is 10.1. The molecule has 2 aliphatic heterocycles. The summed E-state index contributed by atoms with van der Waals surface area (Å²) < 4.78 is 11.2. The van der Waals surface area contributed by atoms with E-state index in [1.807, 2.05) is 12.1 Å². The van der Waals surface area contributed by atoms with E-state index in [0.717, 1.165) is 50.0 Å². The van der Waals surface area contributed by atoms with Crippen molar-refractivity contribution < 1.29 is 9.47 Å². The first-order chi connectivity index (χ1) is 8.83. The van der Waals surface area contributed by atoms with Crippen LogP contribution in [-0.2, 0) is 17.7 Å². The van der Waals surface area contributed by atoms with Gasteiger partial charge in [0, 0.05) is 36.2 Å². The van der Waals surface area contributed by atoms with E-state index in [4.69, 9.17) is 21.1 Å². The summed E-state index contributed by atoms with van der Waals surface area (Å²) in [6, 6.07) is 4.47. The lowest BCUT2D eigenvalue weighted by Crippen LogP contribution is -2.36. The van der Waals surface area contributed by atoms with Crippen LogP contribution in [-0.4, -0.2) is 25.9 Å². The van der Waals surface area contributed by atoms with Crippen molar-refractivity contribution >= 4 is 11.6 Å². The third kappa shape index (κ3) is 2.63. The second-order valence-electron chi connectivity index (χ2n) is 4.95. The van der Waals surface area contributed by atoms with Gasteiger partial charge < -0.3 is 14.8 Å². The molecule has 0 bridgehead atoms. The van der Waals surface area contributed by atoms with E-state index in [2.05, 4.69) is 5.32 Å². The van der Waals surface area contributed by atoms with Crippen molar-refractivity contribution in [1.29, 1.82) is 0 Å². The fraction of sp³-hybridized carbons (Fsp3) is 0.571. The largest absolute Gasteiger partial charge is 0.493 e. The van der Waals surface area contributed by atoms with E-state index >= 15 is 0 Å². The zero-order valence-electron chi connectivity index (χ0n) is 10.4. The summed E-state index contributed by atoms with van der Waals surface area (Å²) in [7, 11) is 0. The minimum absolute atomic E-state index is 0.454. The highest BCUT2D eigenvalue weighted by molar-refractivity contribution is 6.30. The van der Waals surface area contributed by atoms with Gasteiger partial charge in [-0.15, -0.1) is 0 Å². The van der Waals surface area contributed by atoms with E-state index in [9.17, 15) is 0 Å². The fourth-order valence-electron chi connectivity index (χ4n) is 2.63. The summed E-state index contributed by atoms with van der Waals surface area (Å²) >= 11 is 6.14. The molecular weight excluding hydrogens is 250 g/mol. The van der Waals surface area contributed by atoms with Crippen molar-refractivity contribution in [2.45, 2.75) is 31.8 Å². The predicted octanol–water partition coefficient (Wildman–Crippen LogP) is 2.54. The molecular formula is C14H18ClNO2. The maximum Gasteiger partial charge on any atom is 0.127 e. The first-order valence-electron chi connectivity index (χ1n) is 6.58. The predicted molar refractivity (Wildman–Crippen MR) is 71.3 cm³/mol. The van der Waals surface area contributed by atoms with Gasteiger partial charge in [-0.05, 0) is 30.5 Å². The molecule has 0 spiro atoms. The molecule has 0 radical (unpaired) electrons. The Labute approximate surface area is 112 Å². The number of rotatable bonds is 3. The number of nitrogens with one attached hydrogen (secondary N) is 1. The quantitative estimate of drug-likeness (QED) is 0.913. The molecule has 0 aliphatic carbocycles. The minimum Gasteiger partial charge on any atom is -0.493 e. The van der Waals surface area contributed by atoms with Crippen molar-refractivity contribution in [3.05, 3.63) is 28.3 Å². The summed E-state index contributed by atoms with van der Waals surface area (Å²) in [5, 5.41) is 4.33. The highest BCUT2D eigenvalue weighted by Crippen LogP contribution is 2.32. The molecule has 3 rings (SSSR count). The summed E-state index contributed by atoms with van der Waals surface area (Å²) in [5.41, 5.74) is 2.40. The Hall–Kier alpha value is -0.770. The molecule has 2 aliphatic rings. The van der Waals surface area contributed by atoms with Crippen molar-refractivity contribution in [2.24, 2.45) is 0 Å². The summed E-state index contributed by atoms with van der Waals surface area (Å²) in [6.45, 7) is 3.28. The Balaban J connectivity index is 1.68. The van der Waals surface area contributed by atoms with Crippen molar-refractivity contribution in [3.63, 3.8) is 0 Å². The molecule has 18 heavy (non-hydrogen) atoms. The third-order valence-corrected chi connectivity index (χ3v) is 3.79. The van der Waals surface area contributed by atoms with Crippen LogP contribution in [0.5, 0.6) is 5.75 Å². The van der Waals surface area contributed by atoms with Crippen LogP contribution in [0, 0.1) is 0 Å². The molecule has 1 N–H and O–H groups in total. The van der Waals surface area contributed by atoms with Gasteiger partial charge in [-0.3, -0.25) is 0 Å². The van der Waals surface area contributed by atoms with Crippen LogP contribution in [0.15, 0.2) is 12.1 Å². The van der Waals surface area contributed by atoms with Gasteiger partial charge in [0.05, 0.1) is 13.2 Å². The maximum atomic E-state index is 6.14. The van der Waals surface area contributed by atoms with Gasteiger partial charge >= 0.3 is 0 Å². The van der Waals surface area contributed by atoms with E-state index in [-0.39, 0.29) is 0 Å². The minimum atomic E-state index is 0.454. The Morgan fingerprint density at radius 2 is 2.28 bits per heavy atom. The summed E-state index contributed by atoms with van der Waals surface area (Å²) in [6.07, 6.45) is 3.29. The van der Waals surface area contributed by atoms with Gasteiger partial charge in [0.1, 0.15) is 5.75 Å². The molecule has 1 saturated heterocycles. The van der Waals surface area contributed by atoms with Gasteiger partial charge in [0.15, 0.2) is 0 Å². The molecule has 1 unspecified atom stereocenters. The van der Waals surface area contributed by atoms with E-state index < -0.39 is 0 Å². The standard InChI is InChI=1S/C14H18ClNO2/c15-12-6-10-3-5-18-14(10)11(7-12)8-16-13-2-1-4-17-9-13/h6-7,13,16H,1-5,8-9H2. The van der Waals surface area contributed by atoms with E-state index in [0.29, 0.717) is 6.04 Å². The van der Waals surface area contributed by atoms with E-state index in [1.165, 1.54) is 17.5 Å². The number of hydrogen-bond donors (Lipinski definition) is 1. The molecule has 3 nitrogen and oxygen atoms in total. The molecule has 4 heteroatoms. The average molecular weight is 268 g/mol. The fourth-order valence-corrected chi connectivity index (χ4v) is 2.90. The van der Waals surface area contributed by atoms with E-state index in [1.54, 1.807) is 0 Å². The zero-order valence-corrected chi connectivity index (χ0v) is 11.1. The Bertz CT molecular complexity index is 430. The van der Waals surface area contributed by atoms with Crippen molar-refractivity contribution in [1.82, 2.24) is 5.32 Å². The smallest absolute Gasteiger partial charge is 0.127 e. The van der Waals surface area contributed by atoms with Gasteiger partial charge in [0.2, 0.25) is 0 Å². The van der Waals surface area contributed by atoms with Crippen LogP contribution >= 0.6 is 11.6 Å². The monoisotopic (exact) mass is 267 g/mol. The van der Waals surface area contributed by atoms with Gasteiger partial charge in [-0.25, -0.2) is 0 Å². The van der Waals surface area contributed by atoms with Crippen LogP contribution in [0.2, 0.25) is 5.02 Å². The average Bonchev–Trinajstić information content (AvgIpc) is 2.85. The maximum absolute atomic E-state index is 6.14. The van der Waals surface area contributed by atoms with Crippen LogP contribution in [0.3, 0.4) is 0 Å². The van der Waals surface area contributed by atoms with Crippen molar-refractivity contribution in [3.8, 4) is 5.75 Å². The van der Waals surface area contributed by atoms with Crippen LogP contribution in [0.25, 0.3) is 0 Å². The third-order valence-electron chi connectivity index (χ3n) is 3.57. The lowest BCUT2D eigenvalue weighted by Gasteiger charge is -2.23. The second kappa shape index (κ2) is 5.47. The van der Waals surface area contributed by atoms with Crippen molar-refractivity contribution in [2.75, 3.05) is 19.8 Å². The molecule has 98 valence electrons. The Morgan fingerprint density at radius 3 is 3.11 bits per heavy atom. The number of ether oxygens (including phenoxy) is 2.